The summed E-state index contributed by atoms with van der Waals surface area (Å²) in [5.41, 5.74) is 2.85. The Bertz CT molecular complexity index is 973. The van der Waals surface area contributed by atoms with Crippen LogP contribution in [-0.4, -0.2) is 26.4 Å². The third-order valence-corrected chi connectivity index (χ3v) is 5.89. The number of nitrogens with one attached hydrogen (secondary N) is 1. The molecule has 146 valence electrons. The van der Waals surface area contributed by atoms with Crippen LogP contribution < -0.4 is 5.32 Å². The maximum atomic E-state index is 12.3. The van der Waals surface area contributed by atoms with Gasteiger partial charge in [-0.15, -0.1) is 10.2 Å². The van der Waals surface area contributed by atoms with Crippen molar-refractivity contribution in [3.8, 4) is 11.4 Å². The number of carbonyl (C=O) groups excluding carboxylic acids is 1. The summed E-state index contributed by atoms with van der Waals surface area (Å²) >= 11 is 13.5. The number of rotatable bonds is 7. The summed E-state index contributed by atoms with van der Waals surface area (Å²) in [6, 6.07) is 13.2. The molecule has 1 aromatic heterocycles. The van der Waals surface area contributed by atoms with Gasteiger partial charge in [-0.25, -0.2) is 0 Å². The fraction of sp³-hybridized carbons (Fsp3) is 0.250. The molecule has 0 aliphatic rings. The van der Waals surface area contributed by atoms with E-state index in [0.29, 0.717) is 27.6 Å². The minimum absolute atomic E-state index is 0.0870. The first-order chi connectivity index (χ1) is 13.5. The number of aryl methyl sites for hydroxylation is 1. The lowest BCUT2D eigenvalue weighted by Gasteiger charge is -2.09. The molecular weight excluding hydrogens is 415 g/mol. The van der Waals surface area contributed by atoms with E-state index in [9.17, 15) is 4.79 Å². The molecule has 0 aliphatic heterocycles. The standard InChI is InChI=1S/C20H20Cl2N4OS/c1-3-13-5-8-15(9-6-13)23-18(27)12-28-20-25-24-19(26(20)4-2)14-7-10-16(21)17(22)11-14/h5-11H,3-4,12H2,1-2H3,(H,23,27). The van der Waals surface area contributed by atoms with Crippen LogP contribution in [0.2, 0.25) is 10.0 Å². The molecule has 28 heavy (non-hydrogen) atoms. The van der Waals surface area contributed by atoms with Crippen LogP contribution in [0.4, 0.5) is 5.69 Å². The molecule has 1 N–H and O–H groups in total. The van der Waals surface area contributed by atoms with Crippen LogP contribution in [0, 0.1) is 0 Å². The van der Waals surface area contributed by atoms with E-state index in [0.717, 1.165) is 17.7 Å². The Balaban J connectivity index is 1.67. The maximum Gasteiger partial charge on any atom is 0.234 e. The first kappa shape index (κ1) is 20.7. The predicted molar refractivity (Wildman–Crippen MR) is 116 cm³/mol. The van der Waals surface area contributed by atoms with Crippen LogP contribution in [0.15, 0.2) is 47.6 Å². The Morgan fingerprint density at radius 3 is 2.46 bits per heavy atom. The van der Waals surface area contributed by atoms with Gasteiger partial charge in [-0.1, -0.05) is 54.0 Å². The van der Waals surface area contributed by atoms with Crippen molar-refractivity contribution in [2.45, 2.75) is 32.0 Å². The van der Waals surface area contributed by atoms with E-state index in [1.165, 1.54) is 17.3 Å². The molecule has 5 nitrogen and oxygen atoms in total. The Morgan fingerprint density at radius 2 is 1.82 bits per heavy atom. The van der Waals surface area contributed by atoms with Gasteiger partial charge in [0.15, 0.2) is 11.0 Å². The van der Waals surface area contributed by atoms with Crippen molar-refractivity contribution in [2.75, 3.05) is 11.1 Å². The molecule has 8 heteroatoms. The SMILES string of the molecule is CCc1ccc(NC(=O)CSc2nnc(-c3ccc(Cl)c(Cl)c3)n2CC)cc1. The number of halogens is 2. The highest BCUT2D eigenvalue weighted by Gasteiger charge is 2.15. The van der Waals surface area contributed by atoms with Gasteiger partial charge < -0.3 is 9.88 Å². The highest BCUT2D eigenvalue weighted by atomic mass is 35.5. The quantitative estimate of drug-likeness (QED) is 0.494. The monoisotopic (exact) mass is 434 g/mol. The fourth-order valence-corrected chi connectivity index (χ4v) is 3.78. The number of nitrogens with zero attached hydrogens (tertiary/aromatic N) is 3. The summed E-state index contributed by atoms with van der Waals surface area (Å²) in [7, 11) is 0. The Hall–Kier alpha value is -2.02. The number of amides is 1. The predicted octanol–water partition coefficient (Wildman–Crippen LogP) is 5.57. The summed E-state index contributed by atoms with van der Waals surface area (Å²) in [6.07, 6.45) is 0.970. The average molecular weight is 435 g/mol. The van der Waals surface area contributed by atoms with Gasteiger partial charge in [0.05, 0.1) is 15.8 Å². The van der Waals surface area contributed by atoms with Crippen molar-refractivity contribution in [2.24, 2.45) is 0 Å². The number of thioether (sulfide) groups is 1. The lowest BCUT2D eigenvalue weighted by molar-refractivity contribution is -0.113. The molecule has 2 aromatic carbocycles. The molecule has 1 amide bonds. The van der Waals surface area contributed by atoms with Gasteiger partial charge in [-0.2, -0.15) is 0 Å². The van der Waals surface area contributed by atoms with Crippen LogP contribution in [0.25, 0.3) is 11.4 Å². The second kappa shape index (κ2) is 9.45. The minimum Gasteiger partial charge on any atom is -0.325 e. The summed E-state index contributed by atoms with van der Waals surface area (Å²) in [6.45, 7) is 4.77. The molecule has 3 aromatic rings. The van der Waals surface area contributed by atoms with E-state index in [2.05, 4.69) is 22.4 Å². The van der Waals surface area contributed by atoms with Gasteiger partial charge in [0.1, 0.15) is 0 Å². The Kier molecular flexibility index (Phi) is 6.99. The van der Waals surface area contributed by atoms with Crippen LogP contribution in [0.1, 0.15) is 19.4 Å². The smallest absolute Gasteiger partial charge is 0.234 e. The van der Waals surface area contributed by atoms with Crippen molar-refractivity contribution >= 4 is 46.6 Å². The van der Waals surface area contributed by atoms with Crippen molar-refractivity contribution < 1.29 is 4.79 Å². The molecule has 0 fully saturated rings. The lowest BCUT2D eigenvalue weighted by atomic mass is 10.1. The zero-order valence-electron chi connectivity index (χ0n) is 15.6. The summed E-state index contributed by atoms with van der Waals surface area (Å²) in [5.74, 6) is 0.852. The van der Waals surface area contributed by atoms with Crippen molar-refractivity contribution in [1.82, 2.24) is 14.8 Å². The van der Waals surface area contributed by atoms with E-state index < -0.39 is 0 Å². The third-order valence-electron chi connectivity index (χ3n) is 4.19. The Morgan fingerprint density at radius 1 is 1.07 bits per heavy atom. The molecule has 0 spiro atoms. The van der Waals surface area contributed by atoms with Gasteiger partial charge in [0, 0.05) is 17.8 Å². The molecule has 0 saturated carbocycles. The first-order valence-electron chi connectivity index (χ1n) is 8.92. The van der Waals surface area contributed by atoms with Crippen LogP contribution >= 0.6 is 35.0 Å². The van der Waals surface area contributed by atoms with Crippen molar-refractivity contribution in [3.05, 3.63) is 58.1 Å². The average Bonchev–Trinajstić information content (AvgIpc) is 3.12. The first-order valence-corrected chi connectivity index (χ1v) is 10.7. The minimum atomic E-state index is -0.0870. The zero-order valence-corrected chi connectivity index (χ0v) is 17.9. The largest absolute Gasteiger partial charge is 0.325 e. The second-order valence-corrected chi connectivity index (χ2v) is 7.82. The van der Waals surface area contributed by atoms with E-state index in [-0.39, 0.29) is 11.7 Å². The number of carbonyl (C=O) groups is 1. The van der Waals surface area contributed by atoms with Crippen LogP contribution in [0.5, 0.6) is 0 Å². The van der Waals surface area contributed by atoms with Gasteiger partial charge in [0.25, 0.3) is 0 Å². The third kappa shape index (κ3) is 4.87. The molecule has 0 atom stereocenters. The van der Waals surface area contributed by atoms with Gasteiger partial charge >= 0.3 is 0 Å². The normalized spacial score (nSPS) is 10.9. The highest BCUT2D eigenvalue weighted by Crippen LogP contribution is 2.29. The molecule has 0 aliphatic carbocycles. The fourth-order valence-electron chi connectivity index (χ4n) is 2.68. The van der Waals surface area contributed by atoms with Crippen molar-refractivity contribution in [3.63, 3.8) is 0 Å². The molecule has 3 rings (SSSR count). The maximum absolute atomic E-state index is 12.3. The second-order valence-electron chi connectivity index (χ2n) is 6.07. The van der Waals surface area contributed by atoms with E-state index in [1.807, 2.05) is 41.8 Å². The van der Waals surface area contributed by atoms with Gasteiger partial charge in [0.2, 0.25) is 5.91 Å². The number of hydrogen-bond donors (Lipinski definition) is 1. The van der Waals surface area contributed by atoms with Crippen LogP contribution in [-0.2, 0) is 17.8 Å². The van der Waals surface area contributed by atoms with Gasteiger partial charge in [-0.3, -0.25) is 4.79 Å². The van der Waals surface area contributed by atoms with Crippen LogP contribution in [0.3, 0.4) is 0 Å². The van der Waals surface area contributed by atoms with E-state index in [1.54, 1.807) is 12.1 Å². The Labute approximate surface area is 178 Å². The number of hydrogen-bond acceptors (Lipinski definition) is 4. The molecule has 1 heterocycles. The van der Waals surface area contributed by atoms with Gasteiger partial charge in [-0.05, 0) is 49.2 Å². The summed E-state index contributed by atoms with van der Waals surface area (Å²) in [5, 5.41) is 13.0. The number of benzene rings is 2. The zero-order chi connectivity index (χ0) is 20.1. The van der Waals surface area contributed by atoms with Crippen molar-refractivity contribution in [1.29, 1.82) is 0 Å². The topological polar surface area (TPSA) is 59.8 Å². The molecule has 0 bridgehead atoms. The summed E-state index contributed by atoms with van der Waals surface area (Å²) in [4.78, 5) is 12.3. The highest BCUT2D eigenvalue weighted by molar-refractivity contribution is 7.99. The molecule has 0 saturated heterocycles. The number of anilines is 1. The molecule has 0 unspecified atom stereocenters. The number of aromatic nitrogens is 3. The van der Waals surface area contributed by atoms with E-state index in [4.69, 9.17) is 23.2 Å². The molecular formula is C20H20Cl2N4OS. The lowest BCUT2D eigenvalue weighted by Crippen LogP contribution is -2.14. The summed E-state index contributed by atoms with van der Waals surface area (Å²) < 4.78 is 1.95. The van der Waals surface area contributed by atoms with E-state index >= 15 is 0 Å². The molecule has 0 radical (unpaired) electrons.